The van der Waals surface area contributed by atoms with Crippen molar-refractivity contribution in [1.82, 2.24) is 9.98 Å². The van der Waals surface area contributed by atoms with Gasteiger partial charge >= 0.3 is 0 Å². The summed E-state index contributed by atoms with van der Waals surface area (Å²) in [5.41, 5.74) is 8.72. The number of alkyl halides is 1. The molecule has 3 N–H and O–H groups in total. The highest BCUT2D eigenvalue weighted by Gasteiger charge is 2.39. The Morgan fingerprint density at radius 2 is 2.32 bits per heavy atom. The van der Waals surface area contributed by atoms with Crippen molar-refractivity contribution in [3.63, 3.8) is 0 Å². The van der Waals surface area contributed by atoms with Gasteiger partial charge in [-0.25, -0.2) is 4.39 Å². The van der Waals surface area contributed by atoms with Gasteiger partial charge in [0.1, 0.15) is 6.17 Å². The lowest BCUT2D eigenvalue weighted by Gasteiger charge is -2.36. The Bertz CT molecular complexity index is 706. The number of halogens is 1. The summed E-state index contributed by atoms with van der Waals surface area (Å²) in [5.74, 6) is -0.0885. The Kier molecular flexibility index (Phi) is 5.65. The third kappa shape index (κ3) is 3.82. The Labute approximate surface area is 148 Å². The van der Waals surface area contributed by atoms with Crippen LogP contribution in [0, 0.1) is 23.2 Å². The topological polar surface area (TPSA) is 75.9 Å². The molecule has 5 atom stereocenters. The molecule has 0 radical (unpaired) electrons. The normalized spacial score (nSPS) is 31.7. The van der Waals surface area contributed by atoms with Gasteiger partial charge in [-0.3, -0.25) is 0 Å². The lowest BCUT2D eigenvalue weighted by Crippen LogP contribution is -2.45. The van der Waals surface area contributed by atoms with E-state index in [1.165, 1.54) is 17.2 Å². The van der Waals surface area contributed by atoms with Gasteiger partial charge in [-0.1, -0.05) is 13.0 Å². The predicted octanol–water partition coefficient (Wildman–Crippen LogP) is 1.98. The van der Waals surface area contributed by atoms with Crippen LogP contribution in [0.2, 0.25) is 0 Å². The largest absolute Gasteiger partial charge is 0.330 e. The van der Waals surface area contributed by atoms with Gasteiger partial charge in [0.05, 0.1) is 11.6 Å². The molecule has 0 spiro atoms. The van der Waals surface area contributed by atoms with Crippen molar-refractivity contribution in [2.45, 2.75) is 50.9 Å². The van der Waals surface area contributed by atoms with Crippen molar-refractivity contribution >= 4 is 12.4 Å². The van der Waals surface area contributed by atoms with Crippen molar-refractivity contribution < 1.29 is 4.39 Å². The van der Waals surface area contributed by atoms with Crippen LogP contribution >= 0.6 is 0 Å². The summed E-state index contributed by atoms with van der Waals surface area (Å²) in [6.07, 6.45) is 11.3. The molecule has 5 unspecified atom stereocenters. The number of rotatable bonds is 6. The minimum atomic E-state index is -1.03. The fourth-order valence-corrected chi connectivity index (χ4v) is 4.14. The maximum Gasteiger partial charge on any atom is 0.297 e. The molecule has 3 rings (SSSR count). The summed E-state index contributed by atoms with van der Waals surface area (Å²) in [7, 11) is 0. The van der Waals surface area contributed by atoms with Crippen LogP contribution in [-0.4, -0.2) is 37.2 Å². The molecule has 25 heavy (non-hydrogen) atoms. The minimum absolute atomic E-state index is 0.160. The van der Waals surface area contributed by atoms with Crippen LogP contribution in [0.3, 0.4) is 0 Å². The molecule has 0 amide bonds. The van der Waals surface area contributed by atoms with Gasteiger partial charge in [0.15, 0.2) is 0 Å². The molecule has 1 aliphatic heterocycles. The molecule has 0 aromatic rings. The highest BCUT2D eigenvalue weighted by atomic mass is 19.1. The quantitative estimate of drug-likeness (QED) is 0.725. The highest BCUT2D eigenvalue weighted by Crippen LogP contribution is 2.39. The Morgan fingerprint density at radius 3 is 3.04 bits per heavy atom. The first kappa shape index (κ1) is 17.8. The fraction of sp³-hybridized carbons (Fsp3) is 0.550. The van der Waals surface area contributed by atoms with Gasteiger partial charge in [-0.15, -0.1) is 4.67 Å². The lowest BCUT2D eigenvalue weighted by molar-refractivity contribution is 0.213. The number of nitrogens with two attached hydrogens (primary N) is 1. The van der Waals surface area contributed by atoms with Gasteiger partial charge in [-0.05, 0) is 50.3 Å². The summed E-state index contributed by atoms with van der Waals surface area (Å²) in [4.78, 5) is 0. The molecule has 0 bridgehead atoms. The van der Waals surface area contributed by atoms with E-state index in [1.54, 1.807) is 6.08 Å². The first-order valence-electron chi connectivity index (χ1n) is 9.16. The van der Waals surface area contributed by atoms with Crippen LogP contribution in [0.5, 0.6) is 0 Å². The number of nitriles is 1. The van der Waals surface area contributed by atoms with E-state index in [0.29, 0.717) is 18.2 Å². The van der Waals surface area contributed by atoms with Crippen molar-refractivity contribution in [3.05, 3.63) is 34.9 Å². The second-order valence-corrected chi connectivity index (χ2v) is 7.10. The molecule has 2 aliphatic carbocycles. The average molecular weight is 341 g/mol. The molecule has 0 fully saturated rings. The van der Waals surface area contributed by atoms with Crippen LogP contribution in [0.4, 0.5) is 4.39 Å². The van der Waals surface area contributed by atoms with E-state index in [-0.39, 0.29) is 17.9 Å². The number of allylic oxidation sites excluding steroid dienone is 5. The van der Waals surface area contributed by atoms with Crippen molar-refractivity contribution in [2.24, 2.45) is 17.6 Å². The molecular weight excluding hydrogens is 315 g/mol. The molecule has 1 heterocycles. The second-order valence-electron chi connectivity index (χ2n) is 7.10. The molecule has 0 saturated heterocycles. The first-order valence-corrected chi connectivity index (χ1v) is 9.16. The van der Waals surface area contributed by atoms with E-state index in [4.69, 9.17) is 11.0 Å². The molecule has 4 nitrogen and oxygen atoms in total. The van der Waals surface area contributed by atoms with Crippen LogP contribution in [-0.2, 0) is 0 Å². The summed E-state index contributed by atoms with van der Waals surface area (Å²) >= 11 is 0. The first-order chi connectivity index (χ1) is 12.2. The van der Waals surface area contributed by atoms with Crippen LogP contribution < -0.4 is 15.7 Å². The Balaban J connectivity index is 1.80. The number of hydrogen-bond acceptors (Lipinski definition) is 3. The van der Waals surface area contributed by atoms with Gasteiger partial charge in [0.2, 0.25) is 0 Å². The lowest BCUT2D eigenvalue weighted by atomic mass is 9.72. The maximum absolute atomic E-state index is 14.5. The van der Waals surface area contributed by atoms with E-state index in [1.807, 2.05) is 18.5 Å². The zero-order chi connectivity index (χ0) is 17.8. The molecule has 0 aromatic carbocycles. The summed E-state index contributed by atoms with van der Waals surface area (Å²) < 4.78 is 18.9. The molecule has 3 aliphatic rings. The van der Waals surface area contributed by atoms with E-state index in [2.05, 4.69) is 23.0 Å². The second kappa shape index (κ2) is 7.93. The van der Waals surface area contributed by atoms with E-state index >= 15 is 0 Å². The Hall–Kier alpha value is -1.99. The van der Waals surface area contributed by atoms with Gasteiger partial charge in [0.25, 0.3) is 12.4 Å². The maximum atomic E-state index is 14.5. The number of hydrogen-bond donors (Lipinski definition) is 2. The third-order valence-electron chi connectivity index (χ3n) is 5.53. The number of nitrogens with zero attached hydrogens (tertiary/aromatic N) is 2. The van der Waals surface area contributed by atoms with Crippen molar-refractivity contribution in [2.75, 3.05) is 6.54 Å². The Morgan fingerprint density at radius 1 is 1.48 bits per heavy atom. The summed E-state index contributed by atoms with van der Waals surface area (Å²) in [6.45, 7) is 2.81. The van der Waals surface area contributed by atoms with Crippen molar-refractivity contribution in [1.29, 1.82) is 5.26 Å². The smallest absolute Gasteiger partial charge is 0.297 e. The SMILES string of the molecule is CCC(CCN)NC1CC(C2C=C(C#N)C=CC2F)CC2=C1C=[N+]=C2. The number of nitrogens with one attached hydrogen (secondary N) is 1. The summed E-state index contributed by atoms with van der Waals surface area (Å²) in [6, 6.07) is 2.67. The van der Waals surface area contributed by atoms with Crippen LogP contribution in [0.1, 0.15) is 32.6 Å². The zero-order valence-electron chi connectivity index (χ0n) is 14.7. The molecular formula is C20H26FN4+. The monoisotopic (exact) mass is 341 g/mol. The highest BCUT2D eigenvalue weighted by molar-refractivity contribution is 5.99. The fourth-order valence-electron chi connectivity index (χ4n) is 4.14. The standard InChI is InChI=1S/C20H26FN4/c1-2-16(5-6-22)25-20-9-14(8-15-11-24-12-18(15)20)17-7-13(10-23)3-4-19(17)21/h3-4,7,11-12,14,16-17,19-20,25H,2,5-6,8-9,22H2,1H3/q+1. The predicted molar refractivity (Wildman–Crippen MR) is 99.9 cm³/mol. The molecule has 0 aromatic heterocycles. The molecule has 0 saturated carbocycles. The third-order valence-corrected chi connectivity index (χ3v) is 5.53. The summed E-state index contributed by atoms with van der Waals surface area (Å²) in [5, 5.41) is 12.9. The molecule has 132 valence electrons. The average Bonchev–Trinajstić information content (AvgIpc) is 3.10. The van der Waals surface area contributed by atoms with E-state index in [9.17, 15) is 4.39 Å². The van der Waals surface area contributed by atoms with Crippen molar-refractivity contribution in [3.8, 4) is 6.07 Å². The zero-order valence-corrected chi connectivity index (χ0v) is 14.7. The van der Waals surface area contributed by atoms with Crippen LogP contribution in [0.25, 0.3) is 0 Å². The molecule has 5 heteroatoms. The van der Waals surface area contributed by atoms with Gasteiger partial charge in [0, 0.05) is 29.1 Å². The van der Waals surface area contributed by atoms with E-state index < -0.39 is 6.17 Å². The van der Waals surface area contributed by atoms with E-state index in [0.717, 1.165) is 25.7 Å². The van der Waals surface area contributed by atoms with Crippen LogP contribution in [0.15, 0.2) is 34.9 Å². The van der Waals surface area contributed by atoms with Gasteiger partial charge < -0.3 is 11.1 Å². The minimum Gasteiger partial charge on any atom is -0.330 e. The van der Waals surface area contributed by atoms with Gasteiger partial charge in [-0.2, -0.15) is 5.26 Å².